The minimum absolute atomic E-state index is 0.0520. The highest BCUT2D eigenvalue weighted by Crippen LogP contribution is 2.30. The minimum atomic E-state index is -0.0520. The number of thiophene rings is 1. The van der Waals surface area contributed by atoms with Gasteiger partial charge in [-0.3, -0.25) is 15.1 Å². The van der Waals surface area contributed by atoms with Gasteiger partial charge in [-0.2, -0.15) is 0 Å². The maximum Gasteiger partial charge on any atom is 0.267 e. The van der Waals surface area contributed by atoms with Crippen LogP contribution in [0.5, 0.6) is 0 Å². The molecule has 6 heteroatoms. The summed E-state index contributed by atoms with van der Waals surface area (Å²) in [5, 5.41) is 5.52. The van der Waals surface area contributed by atoms with E-state index in [1.54, 1.807) is 23.7 Å². The molecule has 0 unspecified atom stereocenters. The predicted molar refractivity (Wildman–Crippen MR) is 103 cm³/mol. The highest BCUT2D eigenvalue weighted by Gasteiger charge is 2.17. The summed E-state index contributed by atoms with van der Waals surface area (Å²) in [7, 11) is 0. The number of carbonyl (C=O) groups excluding carboxylic acids is 1. The van der Waals surface area contributed by atoms with Crippen molar-refractivity contribution in [3.05, 3.63) is 51.3 Å². The Morgan fingerprint density at radius 1 is 1.16 bits per heavy atom. The third-order valence-corrected chi connectivity index (χ3v) is 6.40. The Balaban J connectivity index is 1.49. The van der Waals surface area contributed by atoms with Gasteiger partial charge in [0.2, 0.25) is 0 Å². The molecule has 0 aromatic carbocycles. The molecule has 0 atom stereocenters. The first kappa shape index (κ1) is 16.4. The lowest BCUT2D eigenvalue weighted by atomic mass is 10.00. The van der Waals surface area contributed by atoms with Crippen molar-refractivity contribution in [1.82, 2.24) is 9.97 Å². The summed E-state index contributed by atoms with van der Waals surface area (Å²) < 4.78 is 0. The quantitative estimate of drug-likeness (QED) is 0.692. The molecule has 0 aliphatic heterocycles. The van der Waals surface area contributed by atoms with E-state index in [0.29, 0.717) is 5.13 Å². The average Bonchev–Trinajstić information content (AvgIpc) is 3.23. The van der Waals surface area contributed by atoms with Gasteiger partial charge in [-0.05, 0) is 49.4 Å². The molecule has 3 aromatic heterocycles. The van der Waals surface area contributed by atoms with E-state index in [1.807, 2.05) is 17.5 Å². The number of rotatable bonds is 3. The van der Waals surface area contributed by atoms with Crippen LogP contribution >= 0.6 is 22.7 Å². The smallest absolute Gasteiger partial charge is 0.267 e. The lowest BCUT2D eigenvalue weighted by molar-refractivity contribution is 0.103. The number of carbonyl (C=O) groups is 1. The van der Waals surface area contributed by atoms with Gasteiger partial charge in [0.15, 0.2) is 5.13 Å². The van der Waals surface area contributed by atoms with E-state index in [1.165, 1.54) is 47.5 Å². The molecule has 1 N–H and O–H groups in total. The molecule has 4 rings (SSSR count). The SMILES string of the molecule is O=C(Nc1nc(-c2cccnc2)cs1)c1cc2c(s1)CCCCCC2. The fraction of sp³-hybridized carbons (Fsp3) is 0.316. The molecule has 1 aliphatic rings. The van der Waals surface area contributed by atoms with Gasteiger partial charge in [-0.25, -0.2) is 4.98 Å². The monoisotopic (exact) mass is 369 g/mol. The molecular weight excluding hydrogens is 350 g/mol. The van der Waals surface area contributed by atoms with Gasteiger partial charge in [0.1, 0.15) is 0 Å². The zero-order valence-electron chi connectivity index (χ0n) is 13.8. The first-order valence-corrected chi connectivity index (χ1v) is 10.3. The van der Waals surface area contributed by atoms with Crippen molar-refractivity contribution >= 4 is 33.7 Å². The van der Waals surface area contributed by atoms with E-state index in [2.05, 4.69) is 21.4 Å². The summed E-state index contributed by atoms with van der Waals surface area (Å²) in [6.07, 6.45) is 10.8. The van der Waals surface area contributed by atoms with Crippen molar-refractivity contribution in [3.8, 4) is 11.3 Å². The van der Waals surface area contributed by atoms with E-state index in [-0.39, 0.29) is 5.91 Å². The van der Waals surface area contributed by atoms with E-state index in [4.69, 9.17) is 0 Å². The van der Waals surface area contributed by atoms with Crippen LogP contribution in [-0.4, -0.2) is 15.9 Å². The van der Waals surface area contributed by atoms with Crippen LogP contribution in [0.1, 0.15) is 45.8 Å². The van der Waals surface area contributed by atoms with E-state index >= 15 is 0 Å². The molecule has 1 amide bonds. The number of fused-ring (bicyclic) bond motifs is 1. The van der Waals surface area contributed by atoms with Crippen molar-refractivity contribution in [2.24, 2.45) is 0 Å². The summed E-state index contributed by atoms with van der Waals surface area (Å²) in [4.78, 5) is 23.4. The van der Waals surface area contributed by atoms with Crippen LogP contribution in [0.15, 0.2) is 36.0 Å². The van der Waals surface area contributed by atoms with Crippen LogP contribution in [-0.2, 0) is 12.8 Å². The molecule has 0 fully saturated rings. The van der Waals surface area contributed by atoms with Gasteiger partial charge >= 0.3 is 0 Å². The topological polar surface area (TPSA) is 54.9 Å². The molecule has 4 nitrogen and oxygen atoms in total. The highest BCUT2D eigenvalue weighted by atomic mass is 32.1. The maximum absolute atomic E-state index is 12.6. The predicted octanol–water partition coefficient (Wildman–Crippen LogP) is 5.18. The standard InChI is InChI=1S/C19H19N3OS2/c23-18(17-10-13-6-3-1-2-4-8-16(13)25-17)22-19-21-15(12-24-19)14-7-5-9-20-11-14/h5,7,9-12H,1-4,6,8H2,(H,21,22,23). The number of aromatic nitrogens is 2. The molecule has 3 heterocycles. The Morgan fingerprint density at radius 2 is 2.04 bits per heavy atom. The molecule has 3 aromatic rings. The van der Waals surface area contributed by atoms with E-state index < -0.39 is 0 Å². The van der Waals surface area contributed by atoms with Gasteiger partial charge in [0, 0.05) is 28.2 Å². The van der Waals surface area contributed by atoms with Gasteiger partial charge < -0.3 is 0 Å². The molecule has 128 valence electrons. The van der Waals surface area contributed by atoms with Gasteiger partial charge in [-0.15, -0.1) is 22.7 Å². The van der Waals surface area contributed by atoms with Gasteiger partial charge in [0.25, 0.3) is 5.91 Å². The Labute approximate surface area is 155 Å². The van der Waals surface area contributed by atoms with Crippen LogP contribution in [0.4, 0.5) is 5.13 Å². The van der Waals surface area contributed by atoms with Crippen LogP contribution in [0, 0.1) is 0 Å². The Bertz CT molecular complexity index is 844. The average molecular weight is 370 g/mol. The molecule has 0 radical (unpaired) electrons. The van der Waals surface area contributed by atoms with Crippen molar-refractivity contribution in [3.63, 3.8) is 0 Å². The first-order valence-electron chi connectivity index (χ1n) is 8.58. The molecule has 0 bridgehead atoms. The fourth-order valence-electron chi connectivity index (χ4n) is 3.09. The summed E-state index contributed by atoms with van der Waals surface area (Å²) in [5.41, 5.74) is 3.16. The Morgan fingerprint density at radius 3 is 2.88 bits per heavy atom. The first-order chi connectivity index (χ1) is 12.3. The number of hydrogen-bond donors (Lipinski definition) is 1. The molecule has 0 saturated carbocycles. The summed E-state index contributed by atoms with van der Waals surface area (Å²) in [6, 6.07) is 5.93. The van der Waals surface area contributed by atoms with Crippen LogP contribution in [0.25, 0.3) is 11.3 Å². The number of amides is 1. The van der Waals surface area contributed by atoms with E-state index in [0.717, 1.165) is 29.0 Å². The molecule has 1 aliphatic carbocycles. The van der Waals surface area contributed by atoms with Gasteiger partial charge in [-0.1, -0.05) is 12.8 Å². The normalized spacial score (nSPS) is 14.4. The number of aryl methyl sites for hydroxylation is 2. The maximum atomic E-state index is 12.6. The van der Waals surface area contributed by atoms with E-state index in [9.17, 15) is 4.79 Å². The highest BCUT2D eigenvalue weighted by molar-refractivity contribution is 7.15. The number of thiazole rings is 1. The molecular formula is C19H19N3OS2. The Kier molecular flexibility index (Phi) is 4.90. The number of hydrogen-bond acceptors (Lipinski definition) is 5. The largest absolute Gasteiger partial charge is 0.297 e. The van der Waals surface area contributed by atoms with Crippen molar-refractivity contribution in [1.29, 1.82) is 0 Å². The third-order valence-electron chi connectivity index (χ3n) is 4.40. The van der Waals surface area contributed by atoms with Gasteiger partial charge in [0.05, 0.1) is 10.6 Å². The number of anilines is 1. The van der Waals surface area contributed by atoms with Crippen molar-refractivity contribution < 1.29 is 4.79 Å². The summed E-state index contributed by atoms with van der Waals surface area (Å²) in [5.74, 6) is -0.0520. The van der Waals surface area contributed by atoms with Crippen LogP contribution < -0.4 is 5.32 Å². The van der Waals surface area contributed by atoms with Crippen LogP contribution in [0.2, 0.25) is 0 Å². The van der Waals surface area contributed by atoms with Crippen LogP contribution in [0.3, 0.4) is 0 Å². The van der Waals surface area contributed by atoms with Crippen molar-refractivity contribution in [2.45, 2.75) is 38.5 Å². The number of nitrogens with zero attached hydrogens (tertiary/aromatic N) is 2. The lowest BCUT2D eigenvalue weighted by Gasteiger charge is -2.07. The third kappa shape index (κ3) is 3.80. The zero-order valence-corrected chi connectivity index (χ0v) is 15.5. The molecule has 0 saturated heterocycles. The fourth-order valence-corrected chi connectivity index (χ4v) is 4.96. The number of nitrogens with one attached hydrogen (secondary N) is 1. The summed E-state index contributed by atoms with van der Waals surface area (Å²) >= 11 is 3.09. The minimum Gasteiger partial charge on any atom is -0.297 e. The summed E-state index contributed by atoms with van der Waals surface area (Å²) in [6.45, 7) is 0. The molecule has 0 spiro atoms. The zero-order chi connectivity index (χ0) is 17.1. The second kappa shape index (κ2) is 7.45. The number of pyridine rings is 1. The molecule has 25 heavy (non-hydrogen) atoms. The lowest BCUT2D eigenvalue weighted by Crippen LogP contribution is -2.09. The van der Waals surface area contributed by atoms with Crippen molar-refractivity contribution in [2.75, 3.05) is 5.32 Å². The second-order valence-electron chi connectivity index (χ2n) is 6.21. The second-order valence-corrected chi connectivity index (χ2v) is 8.20. The Hall–Kier alpha value is -2.05.